The SMILES string of the molecule is Cc1cc(C(=O)COC(=O)c2ccc(CO)cc2)c(C)n1CCC1=CCCCC1. The monoisotopic (exact) mass is 395 g/mol. The molecule has 0 unspecified atom stereocenters. The average Bonchev–Trinajstić information content (AvgIpc) is 3.04. The summed E-state index contributed by atoms with van der Waals surface area (Å²) in [6.07, 6.45) is 8.29. The number of esters is 1. The first-order chi connectivity index (χ1) is 14.0. The zero-order valence-corrected chi connectivity index (χ0v) is 17.2. The second-order valence-corrected chi connectivity index (χ2v) is 7.65. The van der Waals surface area contributed by atoms with E-state index >= 15 is 0 Å². The number of allylic oxidation sites excluding steroid dienone is 2. The van der Waals surface area contributed by atoms with Gasteiger partial charge in [-0.1, -0.05) is 23.8 Å². The van der Waals surface area contributed by atoms with Gasteiger partial charge >= 0.3 is 5.97 Å². The minimum atomic E-state index is -0.541. The fourth-order valence-corrected chi connectivity index (χ4v) is 3.85. The van der Waals surface area contributed by atoms with Crippen molar-refractivity contribution in [3.8, 4) is 0 Å². The zero-order chi connectivity index (χ0) is 20.8. The lowest BCUT2D eigenvalue weighted by Crippen LogP contribution is -2.15. The van der Waals surface area contributed by atoms with Gasteiger partial charge in [0.25, 0.3) is 0 Å². The Morgan fingerprint density at radius 3 is 2.55 bits per heavy atom. The van der Waals surface area contributed by atoms with Crippen LogP contribution in [0.5, 0.6) is 0 Å². The van der Waals surface area contributed by atoms with Gasteiger partial charge in [-0.3, -0.25) is 4.79 Å². The molecule has 0 fully saturated rings. The minimum absolute atomic E-state index is 0.0826. The quantitative estimate of drug-likeness (QED) is 0.405. The van der Waals surface area contributed by atoms with Crippen LogP contribution in [0.15, 0.2) is 42.0 Å². The number of carbonyl (C=O) groups excluding carboxylic acids is 2. The number of hydrogen-bond donors (Lipinski definition) is 1. The predicted molar refractivity (Wildman–Crippen MR) is 112 cm³/mol. The predicted octanol–water partition coefficient (Wildman–Crippen LogP) is 4.53. The van der Waals surface area contributed by atoms with E-state index in [1.54, 1.807) is 24.3 Å². The van der Waals surface area contributed by atoms with Gasteiger partial charge in [0.15, 0.2) is 6.61 Å². The summed E-state index contributed by atoms with van der Waals surface area (Å²) in [6.45, 7) is 4.46. The molecule has 0 bridgehead atoms. The Balaban J connectivity index is 1.60. The number of hydrogen-bond acceptors (Lipinski definition) is 4. The van der Waals surface area contributed by atoms with Gasteiger partial charge in [0, 0.05) is 23.5 Å². The topological polar surface area (TPSA) is 68.5 Å². The van der Waals surface area contributed by atoms with E-state index in [0.29, 0.717) is 16.7 Å². The van der Waals surface area contributed by atoms with E-state index in [1.807, 2.05) is 19.9 Å². The van der Waals surface area contributed by atoms with Crippen molar-refractivity contribution in [3.05, 3.63) is 70.1 Å². The summed E-state index contributed by atoms with van der Waals surface area (Å²) in [7, 11) is 0. The molecule has 1 heterocycles. The summed E-state index contributed by atoms with van der Waals surface area (Å²) < 4.78 is 7.39. The summed E-state index contributed by atoms with van der Waals surface area (Å²) in [4.78, 5) is 24.8. The van der Waals surface area contributed by atoms with Crippen molar-refractivity contribution in [3.63, 3.8) is 0 Å². The van der Waals surface area contributed by atoms with Gasteiger partial charge in [-0.2, -0.15) is 0 Å². The Kier molecular flexibility index (Phi) is 7.04. The van der Waals surface area contributed by atoms with Gasteiger partial charge in [0.05, 0.1) is 12.2 Å². The molecule has 29 heavy (non-hydrogen) atoms. The Morgan fingerprint density at radius 1 is 1.14 bits per heavy atom. The number of rotatable bonds is 8. The van der Waals surface area contributed by atoms with Crippen LogP contribution < -0.4 is 0 Å². The minimum Gasteiger partial charge on any atom is -0.454 e. The lowest BCUT2D eigenvalue weighted by Gasteiger charge is -2.15. The van der Waals surface area contributed by atoms with Gasteiger partial charge in [-0.25, -0.2) is 4.79 Å². The highest BCUT2D eigenvalue weighted by Gasteiger charge is 2.18. The molecule has 0 spiro atoms. The second kappa shape index (κ2) is 9.70. The molecule has 0 saturated heterocycles. The third-order valence-corrected chi connectivity index (χ3v) is 5.62. The van der Waals surface area contributed by atoms with Crippen LogP contribution in [0.25, 0.3) is 0 Å². The molecule has 0 saturated carbocycles. The van der Waals surface area contributed by atoms with Gasteiger partial charge in [0.1, 0.15) is 0 Å². The highest BCUT2D eigenvalue weighted by Crippen LogP contribution is 2.23. The van der Waals surface area contributed by atoms with E-state index in [4.69, 9.17) is 9.84 Å². The smallest absolute Gasteiger partial charge is 0.338 e. The maximum atomic E-state index is 12.6. The largest absolute Gasteiger partial charge is 0.454 e. The van der Waals surface area contributed by atoms with Crippen LogP contribution in [0.2, 0.25) is 0 Å². The molecule has 3 rings (SSSR count). The molecule has 1 N–H and O–H groups in total. The number of aliphatic hydroxyl groups excluding tert-OH is 1. The zero-order valence-electron chi connectivity index (χ0n) is 17.2. The highest BCUT2D eigenvalue weighted by molar-refractivity contribution is 6.00. The molecular formula is C24H29NO4. The standard InChI is InChI=1S/C24H29NO4/c1-17-14-22(18(2)25(17)13-12-19-6-4-3-5-7-19)23(27)16-29-24(28)21-10-8-20(15-26)9-11-21/h6,8-11,14,26H,3-5,7,12-13,15-16H2,1-2H3. The number of ether oxygens (including phenoxy) is 1. The van der Waals surface area contributed by atoms with Crippen molar-refractivity contribution in [1.29, 1.82) is 0 Å². The number of nitrogens with zero attached hydrogens (tertiary/aromatic N) is 1. The molecule has 1 aromatic carbocycles. The lowest BCUT2D eigenvalue weighted by molar-refractivity contribution is 0.0474. The van der Waals surface area contributed by atoms with E-state index in [9.17, 15) is 9.59 Å². The van der Waals surface area contributed by atoms with Crippen LogP contribution in [-0.2, 0) is 17.9 Å². The number of ketones is 1. The van der Waals surface area contributed by atoms with Crippen LogP contribution >= 0.6 is 0 Å². The summed E-state index contributed by atoms with van der Waals surface area (Å²) in [5.41, 5.74) is 5.18. The van der Waals surface area contributed by atoms with Gasteiger partial charge in [-0.15, -0.1) is 0 Å². The lowest BCUT2D eigenvalue weighted by atomic mass is 9.97. The van der Waals surface area contributed by atoms with Gasteiger partial charge in [0.2, 0.25) is 5.78 Å². The van der Waals surface area contributed by atoms with E-state index in [-0.39, 0.29) is 19.0 Å². The molecular weight excluding hydrogens is 366 g/mol. The van der Waals surface area contributed by atoms with Crippen LogP contribution in [0, 0.1) is 13.8 Å². The van der Waals surface area contributed by atoms with Crippen LogP contribution in [-0.4, -0.2) is 28.0 Å². The Labute approximate surface area is 172 Å². The van der Waals surface area contributed by atoms with E-state index in [1.165, 1.54) is 31.3 Å². The second-order valence-electron chi connectivity index (χ2n) is 7.65. The third kappa shape index (κ3) is 5.24. The first-order valence-corrected chi connectivity index (χ1v) is 10.2. The molecule has 0 radical (unpaired) electrons. The van der Waals surface area contributed by atoms with Crippen molar-refractivity contribution < 1.29 is 19.4 Å². The fraction of sp³-hybridized carbons (Fsp3) is 0.417. The fourth-order valence-electron chi connectivity index (χ4n) is 3.85. The van der Waals surface area contributed by atoms with Crippen LogP contribution in [0.3, 0.4) is 0 Å². The molecule has 5 heteroatoms. The molecule has 1 aliphatic rings. The Bertz CT molecular complexity index is 906. The molecule has 1 aliphatic carbocycles. The van der Waals surface area contributed by atoms with Crippen LogP contribution in [0.1, 0.15) is 69.8 Å². The number of aromatic nitrogens is 1. The number of aryl methyl sites for hydroxylation is 1. The summed E-state index contributed by atoms with van der Waals surface area (Å²) >= 11 is 0. The third-order valence-electron chi connectivity index (χ3n) is 5.62. The molecule has 1 aromatic heterocycles. The molecule has 0 amide bonds. The van der Waals surface area contributed by atoms with Crippen molar-refractivity contribution in [2.45, 2.75) is 59.1 Å². The molecule has 5 nitrogen and oxygen atoms in total. The summed E-state index contributed by atoms with van der Waals surface area (Å²) in [5, 5.41) is 9.07. The number of aliphatic hydroxyl groups is 1. The van der Waals surface area contributed by atoms with Gasteiger partial charge in [-0.05, 0) is 69.7 Å². The van der Waals surface area contributed by atoms with Gasteiger partial charge < -0.3 is 14.4 Å². The van der Waals surface area contributed by atoms with E-state index in [2.05, 4.69) is 10.6 Å². The van der Waals surface area contributed by atoms with Crippen molar-refractivity contribution in [2.24, 2.45) is 0 Å². The van der Waals surface area contributed by atoms with E-state index < -0.39 is 5.97 Å². The first kappa shape index (κ1) is 21.1. The molecule has 154 valence electrons. The Hall–Kier alpha value is -2.66. The molecule has 0 aliphatic heterocycles. The Morgan fingerprint density at radius 2 is 1.90 bits per heavy atom. The number of benzene rings is 1. The normalized spacial score (nSPS) is 13.8. The first-order valence-electron chi connectivity index (χ1n) is 10.2. The summed E-state index contributed by atoms with van der Waals surface area (Å²) in [6, 6.07) is 8.38. The summed E-state index contributed by atoms with van der Waals surface area (Å²) in [5.74, 6) is -0.734. The van der Waals surface area contributed by atoms with Crippen molar-refractivity contribution >= 4 is 11.8 Å². The number of Topliss-reactive ketones (excluding diaryl/α,β-unsaturated/α-hetero) is 1. The number of carbonyl (C=O) groups is 2. The molecule has 0 atom stereocenters. The van der Waals surface area contributed by atoms with Crippen molar-refractivity contribution in [1.82, 2.24) is 4.57 Å². The van der Waals surface area contributed by atoms with Crippen molar-refractivity contribution in [2.75, 3.05) is 6.61 Å². The maximum Gasteiger partial charge on any atom is 0.338 e. The highest BCUT2D eigenvalue weighted by atomic mass is 16.5. The molecule has 2 aromatic rings. The maximum absolute atomic E-state index is 12.6. The van der Waals surface area contributed by atoms with Crippen LogP contribution in [0.4, 0.5) is 0 Å². The van der Waals surface area contributed by atoms with E-state index in [0.717, 1.165) is 24.4 Å². The average molecular weight is 395 g/mol.